The molecule has 0 bridgehead atoms. The molecule has 2 N–H and O–H groups in total. The van der Waals surface area contributed by atoms with Crippen LogP contribution in [0.3, 0.4) is 0 Å². The first-order valence-corrected chi connectivity index (χ1v) is 10.7. The highest BCUT2D eigenvalue weighted by Crippen LogP contribution is 2.31. The molecule has 0 radical (unpaired) electrons. The fourth-order valence-electron chi connectivity index (χ4n) is 3.68. The number of hydrogen-bond donors (Lipinski definition) is 2. The Hall–Kier alpha value is -4.08. The van der Waals surface area contributed by atoms with E-state index in [1.54, 1.807) is 22.2 Å². The average Bonchev–Trinajstić information content (AvgIpc) is 3.35. The van der Waals surface area contributed by atoms with E-state index in [-0.39, 0.29) is 23.9 Å². The molecule has 10 heteroatoms. The standard InChI is InChI=1S/2C10H12N2O.C4H4O4/c2*1-12-9(4-5-10(12)13)8-3-2-6-11-7-8;5-3(6)1-2-4(7)8/h2*2-3,6-7,9H,4-5H2,1H3;1-2H,(H,5,6)(H,7,8)/b;;2-1+/t2*9-;/m00./s1. The molecule has 10 nitrogen and oxygen atoms in total. The van der Waals surface area contributed by atoms with E-state index in [0.29, 0.717) is 25.0 Å². The van der Waals surface area contributed by atoms with Crippen molar-refractivity contribution in [1.29, 1.82) is 0 Å². The summed E-state index contributed by atoms with van der Waals surface area (Å²) in [5.74, 6) is -2.05. The third kappa shape index (κ3) is 7.80. The third-order valence-corrected chi connectivity index (χ3v) is 5.49. The average molecular weight is 469 g/mol. The minimum Gasteiger partial charge on any atom is -0.478 e. The first kappa shape index (κ1) is 26.2. The van der Waals surface area contributed by atoms with E-state index in [2.05, 4.69) is 9.97 Å². The minimum absolute atomic E-state index is 0.230. The zero-order valence-corrected chi connectivity index (χ0v) is 19.1. The van der Waals surface area contributed by atoms with E-state index in [1.807, 2.05) is 50.8 Å². The number of aliphatic carboxylic acids is 2. The Morgan fingerprint density at radius 3 is 1.44 bits per heavy atom. The van der Waals surface area contributed by atoms with Gasteiger partial charge in [0.1, 0.15) is 0 Å². The van der Waals surface area contributed by atoms with Crippen molar-refractivity contribution in [3.05, 3.63) is 72.3 Å². The van der Waals surface area contributed by atoms with Gasteiger partial charge in [0.25, 0.3) is 0 Å². The van der Waals surface area contributed by atoms with Gasteiger partial charge in [0.15, 0.2) is 0 Å². The molecule has 2 atom stereocenters. The molecular formula is C24H28N4O6. The highest BCUT2D eigenvalue weighted by Gasteiger charge is 2.29. The predicted octanol–water partition coefficient (Wildman–Crippen LogP) is 2.46. The maximum absolute atomic E-state index is 11.3. The second-order valence-electron chi connectivity index (χ2n) is 7.70. The van der Waals surface area contributed by atoms with Gasteiger partial charge in [-0.2, -0.15) is 0 Å². The lowest BCUT2D eigenvalue weighted by molar-refractivity contribution is -0.134. The molecule has 0 aromatic carbocycles. The van der Waals surface area contributed by atoms with E-state index in [1.165, 1.54) is 0 Å². The summed E-state index contributed by atoms with van der Waals surface area (Å²) in [5, 5.41) is 15.6. The molecule has 0 aliphatic carbocycles. The zero-order valence-electron chi connectivity index (χ0n) is 19.1. The number of carboxylic acid groups (broad SMARTS) is 2. The molecule has 2 aliphatic heterocycles. The van der Waals surface area contributed by atoms with Gasteiger partial charge < -0.3 is 20.0 Å². The van der Waals surface area contributed by atoms with Gasteiger partial charge in [0.2, 0.25) is 11.8 Å². The molecule has 2 aliphatic rings. The summed E-state index contributed by atoms with van der Waals surface area (Å²) in [4.78, 5) is 53.3. The number of pyridine rings is 2. The second kappa shape index (κ2) is 12.8. The van der Waals surface area contributed by atoms with Crippen molar-refractivity contribution < 1.29 is 29.4 Å². The van der Waals surface area contributed by atoms with E-state index in [0.717, 1.165) is 24.0 Å². The van der Waals surface area contributed by atoms with Crippen LogP contribution >= 0.6 is 0 Å². The quantitative estimate of drug-likeness (QED) is 0.652. The lowest BCUT2D eigenvalue weighted by Crippen LogP contribution is -2.22. The van der Waals surface area contributed by atoms with Crippen molar-refractivity contribution >= 4 is 23.8 Å². The molecule has 0 spiro atoms. The number of amides is 2. The van der Waals surface area contributed by atoms with E-state index in [9.17, 15) is 19.2 Å². The smallest absolute Gasteiger partial charge is 0.328 e. The summed E-state index contributed by atoms with van der Waals surface area (Å²) in [6, 6.07) is 8.33. The number of carboxylic acids is 2. The van der Waals surface area contributed by atoms with Crippen LogP contribution in [-0.4, -0.2) is 67.8 Å². The molecular weight excluding hydrogens is 440 g/mol. The Labute approximate surface area is 197 Å². The number of rotatable bonds is 4. The van der Waals surface area contributed by atoms with E-state index >= 15 is 0 Å². The molecule has 180 valence electrons. The maximum atomic E-state index is 11.3. The molecule has 2 fully saturated rings. The van der Waals surface area contributed by atoms with Crippen LogP contribution in [0.2, 0.25) is 0 Å². The fourth-order valence-corrected chi connectivity index (χ4v) is 3.68. The van der Waals surface area contributed by atoms with E-state index < -0.39 is 11.9 Å². The van der Waals surface area contributed by atoms with Crippen molar-refractivity contribution in [1.82, 2.24) is 19.8 Å². The van der Waals surface area contributed by atoms with Crippen LogP contribution in [0.4, 0.5) is 0 Å². The number of carbonyl (C=O) groups excluding carboxylic acids is 2. The molecule has 34 heavy (non-hydrogen) atoms. The molecule has 2 amide bonds. The topological polar surface area (TPSA) is 141 Å². The normalized spacial score (nSPS) is 19.4. The first-order valence-electron chi connectivity index (χ1n) is 10.7. The minimum atomic E-state index is -1.26. The van der Waals surface area contributed by atoms with Crippen LogP contribution in [0.15, 0.2) is 61.2 Å². The van der Waals surface area contributed by atoms with Gasteiger partial charge in [-0.25, -0.2) is 9.59 Å². The molecule has 4 rings (SSSR count). The van der Waals surface area contributed by atoms with E-state index in [4.69, 9.17) is 10.2 Å². The summed E-state index contributed by atoms with van der Waals surface area (Å²) in [7, 11) is 3.71. The molecule has 2 aromatic heterocycles. The van der Waals surface area contributed by atoms with Gasteiger partial charge in [-0.1, -0.05) is 12.1 Å². The van der Waals surface area contributed by atoms with Crippen molar-refractivity contribution in [3.63, 3.8) is 0 Å². The Kier molecular flexibility index (Phi) is 9.88. The number of nitrogens with zero attached hydrogens (tertiary/aromatic N) is 4. The molecule has 0 saturated carbocycles. The SMILES string of the molecule is CN1C(=O)CC[C@H]1c1cccnc1.CN1C(=O)CC[C@H]1c1cccnc1.O=C(O)/C=C/C(=O)O. The van der Waals surface area contributed by atoms with Crippen molar-refractivity contribution in [2.75, 3.05) is 14.1 Å². The Morgan fingerprint density at radius 1 is 0.824 bits per heavy atom. The van der Waals surface area contributed by atoms with Crippen molar-refractivity contribution in [3.8, 4) is 0 Å². The number of carbonyl (C=O) groups is 4. The summed E-state index contributed by atoms with van der Waals surface area (Å²) in [6.07, 6.45) is 11.4. The zero-order chi connectivity index (χ0) is 25.1. The van der Waals surface area contributed by atoms with Gasteiger partial charge in [-0.3, -0.25) is 19.6 Å². The molecule has 2 saturated heterocycles. The highest BCUT2D eigenvalue weighted by molar-refractivity contribution is 5.89. The Bertz CT molecular complexity index is 931. The van der Waals surface area contributed by atoms with Crippen LogP contribution in [0.5, 0.6) is 0 Å². The summed E-state index contributed by atoms with van der Waals surface area (Å²) < 4.78 is 0. The number of hydrogen-bond acceptors (Lipinski definition) is 6. The van der Waals surface area contributed by atoms with Gasteiger partial charge in [0.05, 0.1) is 12.1 Å². The van der Waals surface area contributed by atoms with Gasteiger partial charge >= 0.3 is 11.9 Å². The van der Waals surface area contributed by atoms with Crippen LogP contribution in [0.25, 0.3) is 0 Å². The Balaban J connectivity index is 0.000000187. The second-order valence-corrected chi connectivity index (χ2v) is 7.70. The van der Waals surface area contributed by atoms with Crippen LogP contribution in [0.1, 0.15) is 48.9 Å². The summed E-state index contributed by atoms with van der Waals surface area (Å²) in [5.41, 5.74) is 2.27. The third-order valence-electron chi connectivity index (χ3n) is 5.49. The first-order chi connectivity index (χ1) is 16.2. The fraction of sp³-hybridized carbons (Fsp3) is 0.333. The molecule has 4 heterocycles. The van der Waals surface area contributed by atoms with Crippen LogP contribution in [0, 0.1) is 0 Å². The van der Waals surface area contributed by atoms with Crippen LogP contribution in [-0.2, 0) is 19.2 Å². The summed E-state index contributed by atoms with van der Waals surface area (Å²) >= 11 is 0. The van der Waals surface area contributed by atoms with Gasteiger partial charge in [-0.15, -0.1) is 0 Å². The lowest BCUT2D eigenvalue weighted by Gasteiger charge is -2.19. The Morgan fingerprint density at radius 2 is 1.21 bits per heavy atom. The highest BCUT2D eigenvalue weighted by atomic mass is 16.4. The monoisotopic (exact) mass is 468 g/mol. The van der Waals surface area contributed by atoms with Gasteiger partial charge in [0, 0.05) is 63.9 Å². The predicted molar refractivity (Wildman–Crippen MR) is 122 cm³/mol. The lowest BCUT2D eigenvalue weighted by atomic mass is 10.1. The largest absolute Gasteiger partial charge is 0.478 e. The van der Waals surface area contributed by atoms with Crippen molar-refractivity contribution in [2.45, 2.75) is 37.8 Å². The molecule has 2 aromatic rings. The summed E-state index contributed by atoms with van der Waals surface area (Å²) in [6.45, 7) is 0. The molecule has 0 unspecified atom stereocenters. The maximum Gasteiger partial charge on any atom is 0.328 e. The van der Waals surface area contributed by atoms with Crippen molar-refractivity contribution in [2.24, 2.45) is 0 Å². The van der Waals surface area contributed by atoms with Gasteiger partial charge in [-0.05, 0) is 36.1 Å². The number of aromatic nitrogens is 2. The van der Waals surface area contributed by atoms with Crippen LogP contribution < -0.4 is 0 Å². The number of likely N-dealkylation sites (tertiary alicyclic amines) is 2.